The summed E-state index contributed by atoms with van der Waals surface area (Å²) < 4.78 is 40.6. The van der Waals surface area contributed by atoms with Crippen LogP contribution in [0.15, 0.2) is 79.4 Å². The molecular weight excluding hydrogens is 443 g/mol. The number of halogens is 3. The number of fused-ring (bicyclic) bond motifs is 1. The van der Waals surface area contributed by atoms with Crippen LogP contribution in [0.1, 0.15) is 11.1 Å². The number of benzene rings is 2. The van der Waals surface area contributed by atoms with E-state index in [-0.39, 0.29) is 0 Å². The average Bonchev–Trinajstić information content (AvgIpc) is 3.28. The predicted molar refractivity (Wildman–Crippen MR) is 121 cm³/mol. The minimum absolute atomic E-state index is 0.377. The number of alkyl halides is 3. The van der Waals surface area contributed by atoms with Crippen molar-refractivity contribution in [3.05, 3.63) is 90.5 Å². The van der Waals surface area contributed by atoms with Crippen LogP contribution in [-0.4, -0.2) is 36.3 Å². The molecule has 0 bridgehead atoms. The zero-order valence-electron chi connectivity index (χ0n) is 17.7. The van der Waals surface area contributed by atoms with Crippen molar-refractivity contribution in [1.29, 1.82) is 0 Å². The average molecular weight is 461 g/mol. The fourth-order valence-electron chi connectivity index (χ4n) is 3.60. The Kier molecular flexibility index (Phi) is 5.62. The molecule has 1 N–H and O–H groups in total. The van der Waals surface area contributed by atoms with E-state index in [2.05, 4.69) is 30.5 Å². The van der Waals surface area contributed by atoms with E-state index in [1.807, 2.05) is 34.9 Å². The second-order valence-electron chi connectivity index (χ2n) is 7.54. The standard InChI is InChI=1S/C24H18F3N7/c25-24(26,27)18-4-1-3-16(13-18)8-11-28-23-29-12-9-22(32-23)34-15-30-20-14-17(6-7-21(20)34)19-5-2-10-31-33-19/h1-7,9-10,12-15H,8,11H2,(H,28,29,32). The Morgan fingerprint density at radius 2 is 1.82 bits per heavy atom. The largest absolute Gasteiger partial charge is 0.416 e. The van der Waals surface area contributed by atoms with Crippen LogP contribution in [0.3, 0.4) is 0 Å². The van der Waals surface area contributed by atoms with E-state index in [1.54, 1.807) is 30.9 Å². The summed E-state index contributed by atoms with van der Waals surface area (Å²) in [5.74, 6) is 0.994. The molecule has 5 aromatic rings. The fourth-order valence-corrected chi connectivity index (χ4v) is 3.60. The lowest BCUT2D eigenvalue weighted by atomic mass is 10.1. The maximum Gasteiger partial charge on any atom is 0.416 e. The molecule has 0 spiro atoms. The quantitative estimate of drug-likeness (QED) is 0.386. The van der Waals surface area contributed by atoms with Gasteiger partial charge in [0.25, 0.3) is 0 Å². The van der Waals surface area contributed by atoms with Gasteiger partial charge in [0.1, 0.15) is 12.1 Å². The van der Waals surface area contributed by atoms with Crippen LogP contribution in [0, 0.1) is 0 Å². The maximum absolute atomic E-state index is 12.9. The Morgan fingerprint density at radius 1 is 0.912 bits per heavy atom. The van der Waals surface area contributed by atoms with Gasteiger partial charge in [-0.05, 0) is 48.4 Å². The number of rotatable bonds is 6. The molecule has 0 saturated carbocycles. The predicted octanol–water partition coefficient (Wildman–Crippen LogP) is 4.95. The first-order valence-corrected chi connectivity index (χ1v) is 10.5. The van der Waals surface area contributed by atoms with Crippen molar-refractivity contribution in [1.82, 2.24) is 29.7 Å². The molecule has 3 heterocycles. The molecule has 34 heavy (non-hydrogen) atoms. The fraction of sp³-hybridized carbons (Fsp3) is 0.125. The molecule has 170 valence electrons. The first-order chi connectivity index (χ1) is 16.5. The van der Waals surface area contributed by atoms with Gasteiger partial charge < -0.3 is 5.32 Å². The van der Waals surface area contributed by atoms with Crippen LogP contribution in [0.25, 0.3) is 28.1 Å². The minimum Gasteiger partial charge on any atom is -0.354 e. The summed E-state index contributed by atoms with van der Waals surface area (Å²) in [7, 11) is 0. The highest BCUT2D eigenvalue weighted by atomic mass is 19.4. The number of anilines is 1. The van der Waals surface area contributed by atoms with Gasteiger partial charge in [-0.3, -0.25) is 4.57 Å². The Balaban J connectivity index is 1.31. The second-order valence-corrected chi connectivity index (χ2v) is 7.54. The van der Waals surface area contributed by atoms with Crippen molar-refractivity contribution < 1.29 is 13.2 Å². The number of hydrogen-bond donors (Lipinski definition) is 1. The molecule has 0 fully saturated rings. The molecule has 0 amide bonds. The molecule has 10 heteroatoms. The Bertz CT molecular complexity index is 1430. The van der Waals surface area contributed by atoms with Gasteiger partial charge in [0.2, 0.25) is 5.95 Å². The van der Waals surface area contributed by atoms with Gasteiger partial charge in [0.15, 0.2) is 0 Å². The van der Waals surface area contributed by atoms with Gasteiger partial charge in [-0.15, -0.1) is 0 Å². The molecule has 7 nitrogen and oxygen atoms in total. The van der Waals surface area contributed by atoms with Crippen molar-refractivity contribution in [3.8, 4) is 17.1 Å². The van der Waals surface area contributed by atoms with Crippen molar-refractivity contribution in [2.24, 2.45) is 0 Å². The molecule has 0 atom stereocenters. The summed E-state index contributed by atoms with van der Waals surface area (Å²) in [4.78, 5) is 13.2. The summed E-state index contributed by atoms with van der Waals surface area (Å²) in [5, 5.41) is 11.1. The third kappa shape index (κ3) is 4.56. The summed E-state index contributed by atoms with van der Waals surface area (Å²) in [6.07, 6.45) is 0.964. The highest BCUT2D eigenvalue weighted by Gasteiger charge is 2.30. The van der Waals surface area contributed by atoms with Gasteiger partial charge in [-0.1, -0.05) is 24.3 Å². The van der Waals surface area contributed by atoms with Gasteiger partial charge in [0, 0.05) is 24.5 Å². The SMILES string of the molecule is FC(F)(F)c1cccc(CCNc2nccc(-n3cnc4cc(-c5cccnn5)ccc43)n2)c1. The van der Waals surface area contributed by atoms with Gasteiger partial charge >= 0.3 is 6.18 Å². The van der Waals surface area contributed by atoms with E-state index in [0.29, 0.717) is 30.3 Å². The summed E-state index contributed by atoms with van der Waals surface area (Å²) in [6.45, 7) is 0.386. The van der Waals surface area contributed by atoms with E-state index in [4.69, 9.17) is 0 Å². The van der Waals surface area contributed by atoms with Gasteiger partial charge in [-0.2, -0.15) is 28.4 Å². The molecular formula is C24H18F3N7. The van der Waals surface area contributed by atoms with Gasteiger partial charge in [-0.25, -0.2) is 9.97 Å². The minimum atomic E-state index is -4.36. The smallest absolute Gasteiger partial charge is 0.354 e. The summed E-state index contributed by atoms with van der Waals surface area (Å²) in [5.41, 5.74) is 3.23. The third-order valence-electron chi connectivity index (χ3n) is 5.25. The molecule has 3 aromatic heterocycles. The van der Waals surface area contributed by atoms with Gasteiger partial charge in [0.05, 0.1) is 22.3 Å². The number of aromatic nitrogens is 6. The Labute approximate surface area is 192 Å². The van der Waals surface area contributed by atoms with E-state index >= 15 is 0 Å². The number of nitrogens with zero attached hydrogens (tertiary/aromatic N) is 6. The lowest BCUT2D eigenvalue weighted by molar-refractivity contribution is -0.137. The van der Waals surface area contributed by atoms with Crippen molar-refractivity contribution in [3.63, 3.8) is 0 Å². The molecule has 0 aliphatic carbocycles. The van der Waals surface area contributed by atoms with Crippen LogP contribution in [0.2, 0.25) is 0 Å². The van der Waals surface area contributed by atoms with E-state index in [9.17, 15) is 13.2 Å². The molecule has 0 aliphatic rings. The van der Waals surface area contributed by atoms with Crippen LogP contribution in [-0.2, 0) is 12.6 Å². The zero-order valence-corrected chi connectivity index (χ0v) is 17.7. The highest BCUT2D eigenvalue weighted by molar-refractivity contribution is 5.82. The lowest BCUT2D eigenvalue weighted by Crippen LogP contribution is -2.10. The molecule has 5 rings (SSSR count). The lowest BCUT2D eigenvalue weighted by Gasteiger charge is -2.10. The highest BCUT2D eigenvalue weighted by Crippen LogP contribution is 2.29. The Hall–Kier alpha value is -4.34. The number of imidazole rings is 1. The van der Waals surface area contributed by atoms with E-state index < -0.39 is 11.7 Å². The van der Waals surface area contributed by atoms with Crippen molar-refractivity contribution >= 4 is 17.0 Å². The first-order valence-electron chi connectivity index (χ1n) is 10.5. The van der Waals surface area contributed by atoms with E-state index in [0.717, 1.165) is 34.4 Å². The monoisotopic (exact) mass is 461 g/mol. The Morgan fingerprint density at radius 3 is 2.65 bits per heavy atom. The van der Waals surface area contributed by atoms with Crippen LogP contribution >= 0.6 is 0 Å². The number of nitrogens with one attached hydrogen (secondary N) is 1. The van der Waals surface area contributed by atoms with Crippen LogP contribution < -0.4 is 5.32 Å². The van der Waals surface area contributed by atoms with Crippen molar-refractivity contribution in [2.45, 2.75) is 12.6 Å². The van der Waals surface area contributed by atoms with Crippen LogP contribution in [0.4, 0.5) is 19.1 Å². The van der Waals surface area contributed by atoms with Crippen LogP contribution in [0.5, 0.6) is 0 Å². The maximum atomic E-state index is 12.9. The van der Waals surface area contributed by atoms with Crippen molar-refractivity contribution in [2.75, 3.05) is 11.9 Å². The summed E-state index contributed by atoms with van der Waals surface area (Å²) >= 11 is 0. The summed E-state index contributed by atoms with van der Waals surface area (Å²) in [6, 6.07) is 16.6. The molecule has 0 unspecified atom stereocenters. The normalized spacial score (nSPS) is 11.6. The third-order valence-corrected chi connectivity index (χ3v) is 5.25. The van der Waals surface area contributed by atoms with E-state index in [1.165, 1.54) is 6.07 Å². The molecule has 0 saturated heterocycles. The first kappa shape index (κ1) is 21.5. The molecule has 0 aliphatic heterocycles. The zero-order chi connectivity index (χ0) is 23.5. The topological polar surface area (TPSA) is 81.4 Å². The molecule has 0 radical (unpaired) electrons. The number of hydrogen-bond acceptors (Lipinski definition) is 6. The second kappa shape index (κ2) is 8.89. The molecule has 2 aromatic carbocycles.